The molecule has 4 rings (SSSR count). The number of aryl methyl sites for hydroxylation is 1. The Labute approximate surface area is 158 Å². The van der Waals surface area contributed by atoms with Crippen molar-refractivity contribution in [2.75, 3.05) is 26.3 Å². The van der Waals surface area contributed by atoms with Gasteiger partial charge in [-0.25, -0.2) is 4.98 Å². The van der Waals surface area contributed by atoms with Gasteiger partial charge in [-0.3, -0.25) is 14.5 Å². The molecule has 144 valence electrons. The summed E-state index contributed by atoms with van der Waals surface area (Å²) in [6.45, 7) is 3.16. The molecule has 0 saturated carbocycles. The Kier molecular flexibility index (Phi) is 5.18. The topological polar surface area (TPSA) is 82.4 Å². The molecule has 2 saturated heterocycles. The predicted molar refractivity (Wildman–Crippen MR) is 96.8 cm³/mol. The molecule has 0 unspecified atom stereocenters. The lowest BCUT2D eigenvalue weighted by Gasteiger charge is -2.50. The van der Waals surface area contributed by atoms with Crippen LogP contribution in [0.3, 0.4) is 0 Å². The quantitative estimate of drug-likeness (QED) is 0.791. The van der Waals surface area contributed by atoms with Crippen LogP contribution in [-0.4, -0.2) is 63.0 Å². The largest absolute Gasteiger partial charge is 0.377 e. The summed E-state index contributed by atoms with van der Waals surface area (Å²) in [6.07, 6.45) is 8.01. The zero-order valence-corrected chi connectivity index (χ0v) is 15.6. The average Bonchev–Trinajstić information content (AvgIpc) is 3.14. The molecule has 2 fully saturated rings. The summed E-state index contributed by atoms with van der Waals surface area (Å²) >= 11 is 0. The van der Waals surface area contributed by atoms with Crippen LogP contribution in [0.15, 0.2) is 30.9 Å². The predicted octanol–water partition coefficient (Wildman–Crippen LogP) is 1.44. The van der Waals surface area contributed by atoms with E-state index >= 15 is 0 Å². The van der Waals surface area contributed by atoms with Gasteiger partial charge in [0.2, 0.25) is 5.82 Å². The van der Waals surface area contributed by atoms with Crippen LogP contribution in [-0.2, 0) is 23.1 Å². The van der Waals surface area contributed by atoms with Crippen LogP contribution in [0.1, 0.15) is 35.4 Å². The summed E-state index contributed by atoms with van der Waals surface area (Å²) in [5.74, 6) is 0.133. The number of piperidine rings is 1. The minimum absolute atomic E-state index is 0.117. The Morgan fingerprint density at radius 2 is 2.26 bits per heavy atom. The SMILES string of the molecule is Cn1cnc(C(=O)N2CC[C@H]3OCCC[C@]3(COCc3ccncc3)C2)n1. The zero-order valence-electron chi connectivity index (χ0n) is 15.6. The summed E-state index contributed by atoms with van der Waals surface area (Å²) < 4.78 is 13.7. The molecule has 2 aromatic rings. The van der Waals surface area contributed by atoms with Gasteiger partial charge in [-0.1, -0.05) is 0 Å². The maximum atomic E-state index is 12.8. The number of likely N-dealkylation sites (tertiary alicyclic amines) is 1. The fourth-order valence-corrected chi connectivity index (χ4v) is 4.10. The molecular formula is C19H25N5O3. The number of amides is 1. The normalized spacial score (nSPS) is 25.2. The Balaban J connectivity index is 1.45. The number of pyridine rings is 1. The third kappa shape index (κ3) is 3.86. The standard InChI is InChI=1S/C19H25N5O3/c1-23-14-21-17(22-23)18(25)24-9-5-16-19(12-24,6-2-10-27-16)13-26-11-15-3-7-20-8-4-15/h3-4,7-8,14,16H,2,5-6,9-13H2,1H3/t16-,19-/m1/s1. The molecule has 0 N–H and O–H groups in total. The monoisotopic (exact) mass is 371 g/mol. The van der Waals surface area contributed by atoms with Crippen LogP contribution in [0, 0.1) is 5.41 Å². The van der Waals surface area contributed by atoms with Crippen LogP contribution >= 0.6 is 0 Å². The van der Waals surface area contributed by atoms with Crippen molar-refractivity contribution in [3.05, 3.63) is 42.2 Å². The second kappa shape index (κ2) is 7.74. The van der Waals surface area contributed by atoms with Crippen molar-refractivity contribution < 1.29 is 14.3 Å². The smallest absolute Gasteiger partial charge is 0.293 e. The highest BCUT2D eigenvalue weighted by atomic mass is 16.5. The molecule has 0 radical (unpaired) electrons. The maximum Gasteiger partial charge on any atom is 0.293 e. The molecule has 8 nitrogen and oxygen atoms in total. The lowest BCUT2D eigenvalue weighted by atomic mass is 9.73. The number of rotatable bonds is 5. The molecule has 2 aliphatic rings. The molecule has 1 amide bonds. The second-order valence-corrected chi connectivity index (χ2v) is 7.43. The van der Waals surface area contributed by atoms with Gasteiger partial charge >= 0.3 is 0 Å². The van der Waals surface area contributed by atoms with Crippen molar-refractivity contribution in [3.63, 3.8) is 0 Å². The fraction of sp³-hybridized carbons (Fsp3) is 0.579. The Bertz CT molecular complexity index is 781. The van der Waals surface area contributed by atoms with E-state index in [4.69, 9.17) is 9.47 Å². The fourth-order valence-electron chi connectivity index (χ4n) is 4.10. The highest BCUT2D eigenvalue weighted by molar-refractivity contribution is 5.90. The molecule has 0 spiro atoms. The highest BCUT2D eigenvalue weighted by Gasteiger charge is 2.47. The average molecular weight is 371 g/mol. The summed E-state index contributed by atoms with van der Waals surface area (Å²) in [7, 11) is 1.76. The summed E-state index contributed by atoms with van der Waals surface area (Å²) in [5, 5.41) is 4.16. The Hall–Kier alpha value is -2.32. The first kappa shape index (κ1) is 18.1. The summed E-state index contributed by atoms with van der Waals surface area (Å²) in [5.41, 5.74) is 0.921. The molecule has 0 aliphatic carbocycles. The van der Waals surface area contributed by atoms with Gasteiger partial charge < -0.3 is 14.4 Å². The van der Waals surface area contributed by atoms with Gasteiger partial charge in [0.15, 0.2) is 0 Å². The molecule has 2 aliphatic heterocycles. The first-order chi connectivity index (χ1) is 13.2. The third-order valence-corrected chi connectivity index (χ3v) is 5.47. The van der Waals surface area contributed by atoms with E-state index in [1.165, 1.54) is 0 Å². The Morgan fingerprint density at radius 1 is 1.41 bits per heavy atom. The van der Waals surface area contributed by atoms with Gasteiger partial charge in [-0.2, -0.15) is 0 Å². The number of carbonyl (C=O) groups is 1. The molecular weight excluding hydrogens is 346 g/mol. The van der Waals surface area contributed by atoms with Gasteiger partial charge in [0, 0.05) is 44.6 Å². The lowest BCUT2D eigenvalue weighted by Crippen LogP contribution is -2.58. The van der Waals surface area contributed by atoms with Crippen molar-refractivity contribution in [1.82, 2.24) is 24.6 Å². The van der Waals surface area contributed by atoms with Crippen LogP contribution in [0.5, 0.6) is 0 Å². The number of aromatic nitrogens is 4. The maximum absolute atomic E-state index is 12.8. The van der Waals surface area contributed by atoms with Crippen molar-refractivity contribution in [3.8, 4) is 0 Å². The highest BCUT2D eigenvalue weighted by Crippen LogP contribution is 2.40. The molecule has 27 heavy (non-hydrogen) atoms. The van der Waals surface area contributed by atoms with Gasteiger partial charge in [-0.05, 0) is 37.0 Å². The summed E-state index contributed by atoms with van der Waals surface area (Å²) in [6, 6.07) is 3.91. The number of hydrogen-bond acceptors (Lipinski definition) is 6. The van der Waals surface area contributed by atoms with E-state index in [2.05, 4.69) is 15.1 Å². The third-order valence-electron chi connectivity index (χ3n) is 5.47. The van der Waals surface area contributed by atoms with Crippen LogP contribution < -0.4 is 0 Å². The molecule has 0 bridgehead atoms. The van der Waals surface area contributed by atoms with E-state index in [1.54, 1.807) is 30.5 Å². The van der Waals surface area contributed by atoms with E-state index in [0.29, 0.717) is 26.3 Å². The molecule has 4 heterocycles. The van der Waals surface area contributed by atoms with Gasteiger partial charge in [-0.15, -0.1) is 5.10 Å². The molecule has 0 aromatic carbocycles. The first-order valence-electron chi connectivity index (χ1n) is 9.39. The van der Waals surface area contributed by atoms with Crippen LogP contribution in [0.4, 0.5) is 0 Å². The number of fused-ring (bicyclic) bond motifs is 1. The molecule has 8 heteroatoms. The first-order valence-corrected chi connectivity index (χ1v) is 9.39. The molecule has 2 aromatic heterocycles. The van der Waals surface area contributed by atoms with E-state index in [-0.39, 0.29) is 23.3 Å². The van der Waals surface area contributed by atoms with E-state index in [1.807, 2.05) is 17.0 Å². The van der Waals surface area contributed by atoms with Crippen molar-refractivity contribution >= 4 is 5.91 Å². The van der Waals surface area contributed by atoms with Gasteiger partial charge in [0.25, 0.3) is 5.91 Å². The van der Waals surface area contributed by atoms with E-state index < -0.39 is 0 Å². The number of carbonyl (C=O) groups excluding carboxylic acids is 1. The van der Waals surface area contributed by atoms with Gasteiger partial charge in [0.05, 0.1) is 19.3 Å². The lowest BCUT2D eigenvalue weighted by molar-refractivity contribution is -0.149. The number of hydrogen-bond donors (Lipinski definition) is 0. The van der Waals surface area contributed by atoms with E-state index in [9.17, 15) is 4.79 Å². The van der Waals surface area contributed by atoms with Crippen LogP contribution in [0.25, 0.3) is 0 Å². The Morgan fingerprint density at radius 3 is 3.04 bits per heavy atom. The van der Waals surface area contributed by atoms with Gasteiger partial charge in [0.1, 0.15) is 6.33 Å². The van der Waals surface area contributed by atoms with E-state index in [0.717, 1.165) is 31.4 Å². The van der Waals surface area contributed by atoms with Crippen molar-refractivity contribution in [1.29, 1.82) is 0 Å². The summed E-state index contributed by atoms with van der Waals surface area (Å²) in [4.78, 5) is 22.8. The zero-order chi connectivity index (χ0) is 18.7. The molecule has 2 atom stereocenters. The van der Waals surface area contributed by atoms with Crippen LogP contribution in [0.2, 0.25) is 0 Å². The number of nitrogens with zero attached hydrogens (tertiary/aromatic N) is 5. The van der Waals surface area contributed by atoms with Crippen molar-refractivity contribution in [2.24, 2.45) is 12.5 Å². The second-order valence-electron chi connectivity index (χ2n) is 7.43. The minimum Gasteiger partial charge on any atom is -0.377 e. The minimum atomic E-state index is -0.173. The number of ether oxygens (including phenoxy) is 2. The van der Waals surface area contributed by atoms with Crippen molar-refractivity contribution in [2.45, 2.75) is 32.0 Å².